The van der Waals surface area contributed by atoms with Gasteiger partial charge in [-0.2, -0.15) is 4.31 Å². The van der Waals surface area contributed by atoms with Crippen molar-refractivity contribution in [2.45, 2.75) is 51.5 Å². The van der Waals surface area contributed by atoms with Gasteiger partial charge in [-0.1, -0.05) is 20.3 Å². The summed E-state index contributed by atoms with van der Waals surface area (Å²) in [4.78, 5) is 0. The largest absolute Gasteiger partial charge is 0.329 e. The number of hydrogen-bond acceptors (Lipinski definition) is 5. The highest BCUT2D eigenvalue weighted by atomic mass is 32.3. The third kappa shape index (κ3) is 4.64. The Morgan fingerprint density at radius 2 is 1.67 bits per heavy atom. The Hall–Kier alpha value is -0.180. The average molecular weight is 341 g/mol. The molecule has 1 aliphatic carbocycles. The van der Waals surface area contributed by atoms with Crippen molar-refractivity contribution in [2.75, 3.05) is 24.4 Å². The Labute approximate surface area is 129 Å². The number of sulfone groups is 1. The van der Waals surface area contributed by atoms with Gasteiger partial charge in [0.15, 0.2) is 14.9 Å². The van der Waals surface area contributed by atoms with E-state index in [0.717, 1.165) is 25.5 Å². The van der Waals surface area contributed by atoms with Gasteiger partial charge in [0.2, 0.25) is 10.0 Å². The van der Waals surface area contributed by atoms with Crippen LogP contribution in [0.3, 0.4) is 0 Å². The summed E-state index contributed by atoms with van der Waals surface area (Å²) >= 11 is 0. The van der Waals surface area contributed by atoms with Gasteiger partial charge in [-0.15, -0.1) is 0 Å². The topological polar surface area (TPSA) is 97.5 Å². The van der Waals surface area contributed by atoms with Crippen LogP contribution in [0.4, 0.5) is 0 Å². The summed E-state index contributed by atoms with van der Waals surface area (Å²) in [6.07, 6.45) is 5.33. The van der Waals surface area contributed by atoms with Gasteiger partial charge in [-0.05, 0) is 31.6 Å². The fraction of sp³-hybridized carbons (Fsp3) is 1.00. The number of sulfonamides is 1. The minimum absolute atomic E-state index is 0.236. The van der Waals surface area contributed by atoms with Crippen LogP contribution in [0.25, 0.3) is 0 Å². The molecule has 0 saturated heterocycles. The summed E-state index contributed by atoms with van der Waals surface area (Å²) < 4.78 is 49.1. The van der Waals surface area contributed by atoms with Gasteiger partial charge in [0, 0.05) is 24.9 Å². The van der Waals surface area contributed by atoms with E-state index >= 15 is 0 Å². The molecule has 0 aromatic rings. The van der Waals surface area contributed by atoms with Crippen LogP contribution in [-0.4, -0.2) is 51.1 Å². The first-order valence-corrected chi connectivity index (χ1v) is 11.2. The van der Waals surface area contributed by atoms with E-state index in [4.69, 9.17) is 5.73 Å². The third-order valence-corrected chi connectivity index (χ3v) is 8.73. The molecule has 0 atom stereocenters. The molecule has 8 heteroatoms. The summed E-state index contributed by atoms with van der Waals surface area (Å²) in [5.74, 6) is 0.612. The van der Waals surface area contributed by atoms with Gasteiger partial charge < -0.3 is 5.73 Å². The second kappa shape index (κ2) is 6.93. The molecule has 6 nitrogen and oxygen atoms in total. The lowest BCUT2D eigenvalue weighted by Crippen LogP contribution is -2.58. The van der Waals surface area contributed by atoms with Crippen LogP contribution < -0.4 is 5.73 Å². The number of hydrogen-bond donors (Lipinski definition) is 1. The number of rotatable bonds is 7. The van der Waals surface area contributed by atoms with E-state index in [9.17, 15) is 16.8 Å². The lowest BCUT2D eigenvalue weighted by Gasteiger charge is -2.46. The zero-order chi connectivity index (χ0) is 16.3. The second-order valence-corrected chi connectivity index (χ2v) is 10.5. The third-order valence-electron chi connectivity index (χ3n) is 4.51. The zero-order valence-electron chi connectivity index (χ0n) is 13.2. The Balaban J connectivity index is 3.06. The van der Waals surface area contributed by atoms with Gasteiger partial charge in [-0.3, -0.25) is 0 Å². The lowest BCUT2D eigenvalue weighted by atomic mass is 9.75. The molecule has 21 heavy (non-hydrogen) atoms. The minimum atomic E-state index is -3.86. The molecule has 0 bridgehead atoms. The lowest BCUT2D eigenvalue weighted by molar-refractivity contribution is 0.114. The molecule has 1 aliphatic rings. The minimum Gasteiger partial charge on any atom is -0.329 e. The average Bonchev–Trinajstić information content (AvgIpc) is 2.37. The van der Waals surface area contributed by atoms with Crippen LogP contribution in [-0.2, 0) is 19.9 Å². The number of nitrogens with zero attached hydrogens (tertiary/aromatic N) is 1. The standard InChI is InChI=1S/C13H28N2O4S2/c1-4-12-6-8-13(10-14,9-7-12)15(5-2)21(18,19)11-20(3,16)17/h12H,4-11,14H2,1-3H3. The Kier molecular flexibility index (Phi) is 6.23. The van der Waals surface area contributed by atoms with Crippen molar-refractivity contribution in [3.8, 4) is 0 Å². The molecule has 1 fully saturated rings. The first kappa shape index (κ1) is 18.9. The summed E-state index contributed by atoms with van der Waals surface area (Å²) in [7, 11) is -7.46. The fourth-order valence-electron chi connectivity index (χ4n) is 3.34. The quantitative estimate of drug-likeness (QED) is 0.744. The van der Waals surface area contributed by atoms with Gasteiger partial charge >= 0.3 is 0 Å². The van der Waals surface area contributed by atoms with Crippen molar-refractivity contribution in [3.63, 3.8) is 0 Å². The summed E-state index contributed by atoms with van der Waals surface area (Å²) in [5, 5.41) is -0.840. The molecule has 0 aromatic carbocycles. The van der Waals surface area contributed by atoms with Crippen LogP contribution in [0, 0.1) is 5.92 Å². The van der Waals surface area contributed by atoms with Crippen molar-refractivity contribution in [1.82, 2.24) is 4.31 Å². The predicted octanol–water partition coefficient (Wildman–Crippen LogP) is 0.938. The maximum absolute atomic E-state index is 12.5. The summed E-state index contributed by atoms with van der Waals surface area (Å²) in [6, 6.07) is 0. The molecule has 0 spiro atoms. The molecule has 1 rings (SSSR count). The highest BCUT2D eigenvalue weighted by Gasteiger charge is 2.44. The Morgan fingerprint density at radius 1 is 1.14 bits per heavy atom. The molecule has 0 radical (unpaired) electrons. The molecule has 0 heterocycles. The fourth-order valence-corrected chi connectivity index (χ4v) is 7.25. The second-order valence-electron chi connectivity index (χ2n) is 6.10. The van der Waals surface area contributed by atoms with Gasteiger partial charge in [0.25, 0.3) is 0 Å². The highest BCUT2D eigenvalue weighted by molar-refractivity contribution is 8.06. The molecular weight excluding hydrogens is 312 g/mol. The molecule has 0 amide bonds. The predicted molar refractivity (Wildman–Crippen MR) is 85.0 cm³/mol. The maximum Gasteiger partial charge on any atom is 0.229 e. The molecule has 0 aromatic heterocycles. The molecule has 0 aliphatic heterocycles. The van der Waals surface area contributed by atoms with E-state index in [1.165, 1.54) is 4.31 Å². The smallest absolute Gasteiger partial charge is 0.229 e. The molecule has 126 valence electrons. The van der Waals surface area contributed by atoms with E-state index in [-0.39, 0.29) is 13.1 Å². The Morgan fingerprint density at radius 3 is 2.00 bits per heavy atom. The van der Waals surface area contributed by atoms with Crippen LogP contribution in [0.5, 0.6) is 0 Å². The molecule has 0 unspecified atom stereocenters. The van der Waals surface area contributed by atoms with Crippen molar-refractivity contribution in [1.29, 1.82) is 0 Å². The summed E-state index contributed by atoms with van der Waals surface area (Å²) in [6.45, 7) is 4.37. The van der Waals surface area contributed by atoms with E-state index < -0.39 is 30.5 Å². The highest BCUT2D eigenvalue weighted by Crippen LogP contribution is 2.38. The zero-order valence-corrected chi connectivity index (χ0v) is 14.8. The van der Waals surface area contributed by atoms with E-state index in [2.05, 4.69) is 6.92 Å². The van der Waals surface area contributed by atoms with Crippen molar-refractivity contribution < 1.29 is 16.8 Å². The first-order chi connectivity index (χ1) is 9.60. The van der Waals surface area contributed by atoms with Crippen LogP contribution in [0.15, 0.2) is 0 Å². The van der Waals surface area contributed by atoms with E-state index in [0.29, 0.717) is 18.8 Å². The molecule has 1 saturated carbocycles. The maximum atomic E-state index is 12.5. The van der Waals surface area contributed by atoms with Crippen molar-refractivity contribution >= 4 is 19.9 Å². The van der Waals surface area contributed by atoms with Gasteiger partial charge in [0.05, 0.1) is 0 Å². The number of likely N-dealkylation sites (N-methyl/N-ethyl adjacent to an activating group) is 1. The van der Waals surface area contributed by atoms with Crippen molar-refractivity contribution in [2.24, 2.45) is 11.7 Å². The van der Waals surface area contributed by atoms with Gasteiger partial charge in [-0.25, -0.2) is 16.8 Å². The first-order valence-electron chi connectivity index (χ1n) is 7.48. The Bertz CT molecular complexity index is 535. The SMILES string of the molecule is CCC1CCC(CN)(N(CC)S(=O)(=O)CS(C)(=O)=O)CC1. The van der Waals surface area contributed by atoms with E-state index in [1.807, 2.05) is 0 Å². The van der Waals surface area contributed by atoms with Crippen molar-refractivity contribution in [3.05, 3.63) is 0 Å². The summed E-state index contributed by atoms with van der Waals surface area (Å²) in [5.41, 5.74) is 5.29. The monoisotopic (exact) mass is 340 g/mol. The normalized spacial score (nSPS) is 28.0. The molecular formula is C13H28N2O4S2. The van der Waals surface area contributed by atoms with Gasteiger partial charge in [0.1, 0.15) is 0 Å². The van der Waals surface area contributed by atoms with Crippen LogP contribution in [0.1, 0.15) is 46.0 Å². The van der Waals surface area contributed by atoms with Crippen LogP contribution in [0.2, 0.25) is 0 Å². The number of nitrogens with two attached hydrogens (primary N) is 1. The van der Waals surface area contributed by atoms with Crippen LogP contribution >= 0.6 is 0 Å². The molecule has 2 N–H and O–H groups in total. The van der Waals surface area contributed by atoms with E-state index in [1.54, 1.807) is 6.92 Å².